The molecular formula is C24H26F3N3O4. The Morgan fingerprint density at radius 3 is 2.53 bits per heavy atom. The zero-order valence-corrected chi connectivity index (χ0v) is 18.4. The van der Waals surface area contributed by atoms with Crippen LogP contribution in [0.25, 0.3) is 0 Å². The number of benzene rings is 2. The number of amides is 1. The van der Waals surface area contributed by atoms with Crippen LogP contribution in [-0.2, 0) is 22.3 Å². The summed E-state index contributed by atoms with van der Waals surface area (Å²) in [5, 5.41) is 8.82. The van der Waals surface area contributed by atoms with E-state index in [0.29, 0.717) is 35.8 Å². The maximum atomic E-state index is 12.9. The predicted molar refractivity (Wildman–Crippen MR) is 120 cm³/mol. The molecule has 1 atom stereocenters. The Morgan fingerprint density at radius 1 is 1.21 bits per heavy atom. The molecule has 0 bridgehead atoms. The van der Waals surface area contributed by atoms with Crippen molar-refractivity contribution in [3.63, 3.8) is 0 Å². The number of hydrogen-bond donors (Lipinski definition) is 3. The van der Waals surface area contributed by atoms with Crippen molar-refractivity contribution in [3.8, 4) is 5.75 Å². The molecule has 0 saturated heterocycles. The number of carbonyl (C=O) groups excluding carboxylic acids is 1. The van der Waals surface area contributed by atoms with Gasteiger partial charge >= 0.3 is 6.18 Å². The van der Waals surface area contributed by atoms with Gasteiger partial charge in [0.1, 0.15) is 12.4 Å². The Bertz CT molecular complexity index is 1010. The smallest absolute Gasteiger partial charge is 0.416 e. The second kappa shape index (κ2) is 11.2. The summed E-state index contributed by atoms with van der Waals surface area (Å²) in [6.45, 7) is 4.29. The van der Waals surface area contributed by atoms with Gasteiger partial charge in [-0.25, -0.2) is 10.4 Å². The average molecular weight is 477 g/mol. The van der Waals surface area contributed by atoms with E-state index in [1.54, 1.807) is 30.3 Å². The molecule has 10 heteroatoms. The van der Waals surface area contributed by atoms with Crippen molar-refractivity contribution in [1.29, 1.82) is 0 Å². The van der Waals surface area contributed by atoms with E-state index in [-0.39, 0.29) is 26.2 Å². The fourth-order valence-electron chi connectivity index (χ4n) is 3.25. The molecule has 1 aliphatic rings. The van der Waals surface area contributed by atoms with Crippen molar-refractivity contribution in [2.45, 2.75) is 31.1 Å². The first-order chi connectivity index (χ1) is 16.3. The van der Waals surface area contributed by atoms with Crippen molar-refractivity contribution in [2.75, 3.05) is 19.8 Å². The largest absolute Gasteiger partial charge is 0.494 e. The van der Waals surface area contributed by atoms with Crippen LogP contribution in [-0.4, -0.2) is 42.3 Å². The second-order valence-corrected chi connectivity index (χ2v) is 7.68. The summed E-state index contributed by atoms with van der Waals surface area (Å²) < 4.78 is 49.3. The maximum Gasteiger partial charge on any atom is 0.416 e. The molecule has 34 heavy (non-hydrogen) atoms. The van der Waals surface area contributed by atoms with Crippen LogP contribution in [0.5, 0.6) is 5.75 Å². The third-order valence-electron chi connectivity index (χ3n) is 5.12. The average Bonchev–Trinajstić information content (AvgIpc) is 3.25. The number of aliphatic hydroxyl groups excluding tert-OH is 1. The van der Waals surface area contributed by atoms with Gasteiger partial charge in [0.15, 0.2) is 5.54 Å². The number of aliphatic imine (C=N–C) groups is 1. The summed E-state index contributed by atoms with van der Waals surface area (Å²) in [5.41, 5.74) is 4.58. The van der Waals surface area contributed by atoms with Crippen molar-refractivity contribution in [2.24, 2.45) is 4.99 Å². The molecule has 1 aliphatic heterocycles. The maximum absolute atomic E-state index is 12.9. The standard InChI is InChI=1S/C24H26F3N3O4/c1-2-12-23(22(32)30-28-15-17-4-8-19(9-5-17)24(25,26)27)16-34-21(29-23)18-6-10-20(11-7-18)33-14-3-13-31/h2,4-11,28,31H,1,3,12-16H2,(H,30,32)/t23-/m0/s1. The number of alkyl halides is 3. The zero-order valence-electron chi connectivity index (χ0n) is 18.4. The van der Waals surface area contributed by atoms with Crippen molar-refractivity contribution >= 4 is 11.8 Å². The highest BCUT2D eigenvalue weighted by atomic mass is 19.4. The van der Waals surface area contributed by atoms with E-state index in [9.17, 15) is 18.0 Å². The Hall–Kier alpha value is -3.37. The summed E-state index contributed by atoms with van der Waals surface area (Å²) in [4.78, 5) is 17.4. The van der Waals surface area contributed by atoms with Crippen LogP contribution in [0.4, 0.5) is 13.2 Å². The van der Waals surface area contributed by atoms with Crippen molar-refractivity contribution in [3.05, 3.63) is 77.9 Å². The topological polar surface area (TPSA) is 92.2 Å². The van der Waals surface area contributed by atoms with Crippen LogP contribution < -0.4 is 15.6 Å². The monoisotopic (exact) mass is 477 g/mol. The highest BCUT2D eigenvalue weighted by Gasteiger charge is 2.43. The van der Waals surface area contributed by atoms with Crippen LogP contribution >= 0.6 is 0 Å². The fraction of sp³-hybridized carbons (Fsp3) is 0.333. The van der Waals surface area contributed by atoms with E-state index < -0.39 is 23.2 Å². The molecule has 0 aromatic heterocycles. The van der Waals surface area contributed by atoms with Crippen LogP contribution in [0.2, 0.25) is 0 Å². The highest BCUT2D eigenvalue weighted by Crippen LogP contribution is 2.29. The molecular weight excluding hydrogens is 451 g/mol. The molecule has 0 aliphatic carbocycles. The first-order valence-corrected chi connectivity index (χ1v) is 10.6. The summed E-state index contributed by atoms with van der Waals surface area (Å²) in [5.74, 6) is 0.498. The quantitative estimate of drug-likeness (QED) is 0.262. The number of nitrogens with one attached hydrogen (secondary N) is 2. The summed E-state index contributed by atoms with van der Waals surface area (Å²) >= 11 is 0. The summed E-state index contributed by atoms with van der Waals surface area (Å²) in [6, 6.07) is 11.7. The molecule has 1 heterocycles. The summed E-state index contributed by atoms with van der Waals surface area (Å²) in [7, 11) is 0. The Morgan fingerprint density at radius 2 is 1.91 bits per heavy atom. The van der Waals surface area contributed by atoms with Gasteiger partial charge < -0.3 is 14.6 Å². The Balaban J connectivity index is 1.61. The first-order valence-electron chi connectivity index (χ1n) is 10.6. The van der Waals surface area contributed by atoms with E-state index in [2.05, 4.69) is 22.4 Å². The van der Waals surface area contributed by atoms with Gasteiger partial charge in [0.25, 0.3) is 5.91 Å². The number of nitrogens with zero attached hydrogens (tertiary/aromatic N) is 1. The third-order valence-corrected chi connectivity index (χ3v) is 5.12. The van der Waals surface area contributed by atoms with Gasteiger partial charge in [-0.15, -0.1) is 6.58 Å². The number of hydrazine groups is 1. The first kappa shape index (κ1) is 25.3. The normalized spacial score (nSPS) is 17.6. The molecule has 0 radical (unpaired) electrons. The van der Waals surface area contributed by atoms with E-state index in [1.807, 2.05) is 0 Å². The molecule has 1 amide bonds. The number of aliphatic hydroxyl groups is 1. The number of ether oxygens (including phenoxy) is 2. The van der Waals surface area contributed by atoms with E-state index >= 15 is 0 Å². The molecule has 2 aromatic carbocycles. The van der Waals surface area contributed by atoms with Gasteiger partial charge in [-0.2, -0.15) is 13.2 Å². The lowest BCUT2D eigenvalue weighted by Gasteiger charge is -2.21. The highest BCUT2D eigenvalue weighted by molar-refractivity contribution is 6.00. The van der Waals surface area contributed by atoms with Crippen LogP contribution in [0.3, 0.4) is 0 Å². The fourth-order valence-corrected chi connectivity index (χ4v) is 3.25. The van der Waals surface area contributed by atoms with Gasteiger partial charge in [-0.1, -0.05) is 18.2 Å². The van der Waals surface area contributed by atoms with Gasteiger partial charge in [-0.3, -0.25) is 10.2 Å². The van der Waals surface area contributed by atoms with Crippen LogP contribution in [0.1, 0.15) is 29.5 Å². The number of rotatable bonds is 11. The van der Waals surface area contributed by atoms with Crippen molar-refractivity contribution < 1.29 is 32.5 Å². The molecule has 7 nitrogen and oxygen atoms in total. The van der Waals surface area contributed by atoms with Crippen LogP contribution in [0, 0.1) is 0 Å². The molecule has 3 N–H and O–H groups in total. The molecule has 0 saturated carbocycles. The molecule has 0 fully saturated rings. The number of halogens is 3. The van der Waals surface area contributed by atoms with Gasteiger partial charge in [0.05, 0.1) is 12.2 Å². The van der Waals surface area contributed by atoms with E-state index in [4.69, 9.17) is 14.6 Å². The molecule has 0 spiro atoms. The zero-order chi connectivity index (χ0) is 24.6. The predicted octanol–water partition coefficient (Wildman–Crippen LogP) is 3.38. The Labute approximate surface area is 195 Å². The lowest BCUT2D eigenvalue weighted by Crippen LogP contribution is -2.51. The van der Waals surface area contributed by atoms with Gasteiger partial charge in [0.2, 0.25) is 5.90 Å². The second-order valence-electron chi connectivity index (χ2n) is 7.68. The number of hydrogen-bond acceptors (Lipinski definition) is 6. The van der Waals surface area contributed by atoms with E-state index in [0.717, 1.165) is 12.1 Å². The van der Waals surface area contributed by atoms with Gasteiger partial charge in [-0.05, 0) is 42.0 Å². The minimum absolute atomic E-state index is 0.0108. The lowest BCUT2D eigenvalue weighted by molar-refractivity contribution is -0.137. The number of carbonyl (C=O) groups is 1. The van der Waals surface area contributed by atoms with Crippen molar-refractivity contribution in [1.82, 2.24) is 10.9 Å². The van der Waals surface area contributed by atoms with Crippen LogP contribution in [0.15, 0.2) is 66.2 Å². The van der Waals surface area contributed by atoms with E-state index in [1.165, 1.54) is 12.1 Å². The minimum Gasteiger partial charge on any atom is -0.494 e. The third kappa shape index (κ3) is 6.36. The molecule has 3 rings (SSSR count). The Kier molecular flexibility index (Phi) is 8.30. The molecule has 182 valence electrons. The lowest BCUT2D eigenvalue weighted by atomic mass is 9.97. The van der Waals surface area contributed by atoms with Gasteiger partial charge in [0, 0.05) is 31.6 Å². The molecule has 0 unspecified atom stereocenters. The SMILES string of the molecule is C=CC[C@@]1(C(=O)NNCc2ccc(C(F)(F)F)cc2)COC(c2ccc(OCCCO)cc2)=N1. The minimum atomic E-state index is -4.40. The summed E-state index contributed by atoms with van der Waals surface area (Å²) in [6.07, 6.45) is -2.07. The molecule has 2 aromatic rings.